The number of carbonyl (C=O) groups excluding carboxylic acids is 1. The van der Waals surface area contributed by atoms with Gasteiger partial charge in [0.25, 0.3) is 5.91 Å². The van der Waals surface area contributed by atoms with E-state index in [1.807, 2.05) is 29.1 Å². The standard InChI is InChI=1S/C20H22N6O2/c27-19(18-4-3-16(28-18)12-25-10-8-21-13-25)23-15-6-9-26(11-15)20-22-7-5-17(24-20)14-1-2-14/h3-5,7-8,10,13-15H,1-2,6,9,11-12H2,(H,23,27). The molecule has 1 atom stereocenters. The summed E-state index contributed by atoms with van der Waals surface area (Å²) in [5.41, 5.74) is 1.14. The van der Waals surface area contributed by atoms with E-state index in [4.69, 9.17) is 9.40 Å². The molecule has 3 aromatic heterocycles. The summed E-state index contributed by atoms with van der Waals surface area (Å²) in [7, 11) is 0. The Morgan fingerprint density at radius 3 is 2.96 bits per heavy atom. The minimum atomic E-state index is -0.184. The van der Waals surface area contributed by atoms with Gasteiger partial charge in [-0.05, 0) is 37.5 Å². The molecule has 1 amide bonds. The lowest BCUT2D eigenvalue weighted by Gasteiger charge is -2.17. The Labute approximate surface area is 162 Å². The number of hydrogen-bond acceptors (Lipinski definition) is 6. The molecule has 1 aliphatic heterocycles. The predicted molar refractivity (Wildman–Crippen MR) is 102 cm³/mol. The summed E-state index contributed by atoms with van der Waals surface area (Å²) >= 11 is 0. The van der Waals surface area contributed by atoms with Gasteiger partial charge in [-0.3, -0.25) is 4.79 Å². The van der Waals surface area contributed by atoms with Crippen molar-refractivity contribution in [3.8, 4) is 0 Å². The van der Waals surface area contributed by atoms with Crippen molar-refractivity contribution in [3.63, 3.8) is 0 Å². The van der Waals surface area contributed by atoms with Crippen LogP contribution in [0.15, 0.2) is 47.5 Å². The molecule has 0 bridgehead atoms. The second-order valence-corrected chi connectivity index (χ2v) is 7.46. The van der Waals surface area contributed by atoms with E-state index in [-0.39, 0.29) is 11.9 Å². The Balaban J connectivity index is 1.18. The van der Waals surface area contributed by atoms with Gasteiger partial charge in [0.2, 0.25) is 5.95 Å². The quantitative estimate of drug-likeness (QED) is 0.707. The lowest BCUT2D eigenvalue weighted by molar-refractivity contribution is 0.0910. The molecule has 144 valence electrons. The van der Waals surface area contributed by atoms with Crippen LogP contribution in [0.3, 0.4) is 0 Å². The molecular formula is C20H22N6O2. The van der Waals surface area contributed by atoms with Gasteiger partial charge in [0.15, 0.2) is 5.76 Å². The SMILES string of the molecule is O=C(NC1CCN(c2nccc(C3CC3)n2)C1)c1ccc(Cn2ccnc2)o1. The van der Waals surface area contributed by atoms with Crippen LogP contribution in [0, 0.1) is 0 Å². The molecule has 2 aliphatic rings. The lowest BCUT2D eigenvalue weighted by atomic mass is 10.2. The number of carbonyl (C=O) groups is 1. The Kier molecular flexibility index (Phi) is 4.31. The van der Waals surface area contributed by atoms with E-state index in [1.54, 1.807) is 18.6 Å². The molecule has 2 fully saturated rings. The van der Waals surface area contributed by atoms with Gasteiger partial charge in [0, 0.05) is 49.3 Å². The predicted octanol–water partition coefficient (Wildman–Crippen LogP) is 2.20. The number of nitrogens with zero attached hydrogens (tertiary/aromatic N) is 5. The van der Waals surface area contributed by atoms with Crippen LogP contribution in [-0.2, 0) is 6.54 Å². The molecule has 8 nitrogen and oxygen atoms in total. The van der Waals surface area contributed by atoms with Crippen LogP contribution < -0.4 is 10.2 Å². The van der Waals surface area contributed by atoms with Gasteiger partial charge >= 0.3 is 0 Å². The zero-order valence-corrected chi connectivity index (χ0v) is 15.5. The van der Waals surface area contributed by atoms with Crippen molar-refractivity contribution in [1.82, 2.24) is 24.8 Å². The first-order valence-corrected chi connectivity index (χ1v) is 9.68. The summed E-state index contributed by atoms with van der Waals surface area (Å²) in [6.07, 6.45) is 10.4. The zero-order valence-electron chi connectivity index (χ0n) is 15.5. The van der Waals surface area contributed by atoms with E-state index in [0.29, 0.717) is 24.8 Å². The van der Waals surface area contributed by atoms with E-state index < -0.39 is 0 Å². The van der Waals surface area contributed by atoms with Gasteiger partial charge < -0.3 is 19.2 Å². The number of imidazole rings is 1. The molecule has 0 spiro atoms. The molecule has 0 radical (unpaired) electrons. The molecular weight excluding hydrogens is 356 g/mol. The van der Waals surface area contributed by atoms with Crippen LogP contribution in [0.5, 0.6) is 0 Å². The fourth-order valence-corrected chi connectivity index (χ4v) is 3.58. The lowest BCUT2D eigenvalue weighted by Crippen LogP contribution is -2.37. The number of nitrogens with one attached hydrogen (secondary N) is 1. The molecule has 1 saturated heterocycles. The third kappa shape index (κ3) is 3.62. The highest BCUT2D eigenvalue weighted by molar-refractivity contribution is 5.91. The van der Waals surface area contributed by atoms with Crippen LogP contribution in [0.1, 0.15) is 47.2 Å². The summed E-state index contributed by atoms with van der Waals surface area (Å²) in [6, 6.07) is 5.61. The number of hydrogen-bond donors (Lipinski definition) is 1. The molecule has 28 heavy (non-hydrogen) atoms. The fourth-order valence-electron chi connectivity index (χ4n) is 3.58. The first-order valence-electron chi connectivity index (χ1n) is 9.68. The van der Waals surface area contributed by atoms with Crippen LogP contribution >= 0.6 is 0 Å². The summed E-state index contributed by atoms with van der Waals surface area (Å²) in [5.74, 6) is 2.25. The Morgan fingerprint density at radius 2 is 2.14 bits per heavy atom. The van der Waals surface area contributed by atoms with Crippen molar-refractivity contribution in [1.29, 1.82) is 0 Å². The summed E-state index contributed by atoms with van der Waals surface area (Å²) in [4.78, 5) is 27.8. The summed E-state index contributed by atoms with van der Waals surface area (Å²) < 4.78 is 7.58. The van der Waals surface area contributed by atoms with Crippen LogP contribution in [0.4, 0.5) is 5.95 Å². The van der Waals surface area contributed by atoms with Crippen molar-refractivity contribution in [2.24, 2.45) is 0 Å². The molecule has 1 unspecified atom stereocenters. The van der Waals surface area contributed by atoms with E-state index in [0.717, 1.165) is 30.4 Å². The Morgan fingerprint density at radius 1 is 1.21 bits per heavy atom. The minimum Gasteiger partial charge on any atom is -0.454 e. The van der Waals surface area contributed by atoms with E-state index in [9.17, 15) is 4.79 Å². The number of anilines is 1. The molecule has 1 N–H and O–H groups in total. The number of aromatic nitrogens is 4. The van der Waals surface area contributed by atoms with Crippen molar-refractivity contribution >= 4 is 11.9 Å². The number of furan rings is 1. The topological polar surface area (TPSA) is 89.1 Å². The third-order valence-electron chi connectivity index (χ3n) is 5.25. The van der Waals surface area contributed by atoms with E-state index in [2.05, 4.69) is 20.2 Å². The highest BCUT2D eigenvalue weighted by Gasteiger charge is 2.29. The normalized spacial score (nSPS) is 19.1. The van der Waals surface area contributed by atoms with Crippen molar-refractivity contribution in [2.75, 3.05) is 18.0 Å². The Bertz CT molecular complexity index is 963. The second kappa shape index (κ2) is 7.10. The Hall–Kier alpha value is -3.16. The molecule has 3 aromatic rings. The van der Waals surface area contributed by atoms with Gasteiger partial charge in [0.05, 0.1) is 12.9 Å². The maximum atomic E-state index is 12.5. The van der Waals surface area contributed by atoms with Crippen molar-refractivity contribution in [2.45, 2.75) is 37.8 Å². The number of rotatable bonds is 6. The maximum Gasteiger partial charge on any atom is 0.287 e. The summed E-state index contributed by atoms with van der Waals surface area (Å²) in [6.45, 7) is 2.10. The third-order valence-corrected chi connectivity index (χ3v) is 5.25. The summed E-state index contributed by atoms with van der Waals surface area (Å²) in [5, 5.41) is 3.07. The minimum absolute atomic E-state index is 0.0582. The molecule has 8 heteroatoms. The molecule has 4 heterocycles. The smallest absolute Gasteiger partial charge is 0.287 e. The monoisotopic (exact) mass is 378 g/mol. The van der Waals surface area contributed by atoms with Crippen LogP contribution in [0.25, 0.3) is 0 Å². The average Bonchev–Trinajstić information content (AvgIpc) is 3.10. The average molecular weight is 378 g/mol. The van der Waals surface area contributed by atoms with Crippen LogP contribution in [-0.4, -0.2) is 44.6 Å². The molecule has 0 aromatic carbocycles. The second-order valence-electron chi connectivity index (χ2n) is 7.46. The molecule has 1 aliphatic carbocycles. The first kappa shape index (κ1) is 17.0. The molecule has 1 saturated carbocycles. The van der Waals surface area contributed by atoms with Crippen molar-refractivity contribution < 1.29 is 9.21 Å². The first-order chi connectivity index (χ1) is 13.7. The molecule has 5 rings (SSSR count). The van der Waals surface area contributed by atoms with Crippen molar-refractivity contribution in [3.05, 3.63) is 60.3 Å². The fraction of sp³-hybridized carbons (Fsp3) is 0.400. The highest BCUT2D eigenvalue weighted by Crippen LogP contribution is 2.39. The van der Waals surface area contributed by atoms with E-state index >= 15 is 0 Å². The van der Waals surface area contributed by atoms with E-state index in [1.165, 1.54) is 12.8 Å². The van der Waals surface area contributed by atoms with Gasteiger partial charge in [-0.15, -0.1) is 0 Å². The highest BCUT2D eigenvalue weighted by atomic mass is 16.4. The largest absolute Gasteiger partial charge is 0.454 e. The van der Waals surface area contributed by atoms with Gasteiger partial charge in [-0.2, -0.15) is 0 Å². The van der Waals surface area contributed by atoms with Gasteiger partial charge in [-0.1, -0.05) is 0 Å². The van der Waals surface area contributed by atoms with Gasteiger partial charge in [0.1, 0.15) is 5.76 Å². The van der Waals surface area contributed by atoms with Gasteiger partial charge in [-0.25, -0.2) is 15.0 Å². The van der Waals surface area contributed by atoms with Crippen LogP contribution in [0.2, 0.25) is 0 Å². The number of amides is 1. The zero-order chi connectivity index (χ0) is 18.9. The maximum absolute atomic E-state index is 12.5.